The van der Waals surface area contributed by atoms with Crippen molar-refractivity contribution in [1.82, 2.24) is 0 Å². The summed E-state index contributed by atoms with van der Waals surface area (Å²) in [6.45, 7) is 0. The number of aromatic hydroxyl groups is 1. The molecule has 0 saturated heterocycles. The molecular formula is C12H6Cl2F2O. The Bertz CT molecular complexity index is 585. The zero-order valence-corrected chi connectivity index (χ0v) is 9.86. The van der Waals surface area contributed by atoms with Gasteiger partial charge in [0.15, 0.2) is 0 Å². The summed E-state index contributed by atoms with van der Waals surface area (Å²) in [5.74, 6) is -1.41. The van der Waals surface area contributed by atoms with Crippen molar-refractivity contribution in [3.8, 4) is 16.9 Å². The van der Waals surface area contributed by atoms with E-state index < -0.39 is 11.6 Å². The molecule has 0 aliphatic carbocycles. The van der Waals surface area contributed by atoms with Gasteiger partial charge in [0.2, 0.25) is 0 Å². The lowest BCUT2D eigenvalue weighted by molar-refractivity contribution is 0.475. The Morgan fingerprint density at radius 2 is 1.59 bits per heavy atom. The largest absolute Gasteiger partial charge is 0.506 e. The third kappa shape index (κ3) is 2.35. The van der Waals surface area contributed by atoms with Gasteiger partial charge >= 0.3 is 0 Å². The molecular weight excluding hydrogens is 269 g/mol. The van der Waals surface area contributed by atoms with Gasteiger partial charge < -0.3 is 5.11 Å². The van der Waals surface area contributed by atoms with Crippen LogP contribution in [-0.2, 0) is 0 Å². The van der Waals surface area contributed by atoms with E-state index in [0.29, 0.717) is 0 Å². The van der Waals surface area contributed by atoms with Gasteiger partial charge in [-0.25, -0.2) is 8.78 Å². The van der Waals surface area contributed by atoms with Gasteiger partial charge in [0.25, 0.3) is 0 Å². The second-order valence-electron chi connectivity index (χ2n) is 3.41. The van der Waals surface area contributed by atoms with Crippen LogP contribution in [0.4, 0.5) is 8.78 Å². The fourth-order valence-electron chi connectivity index (χ4n) is 1.45. The summed E-state index contributed by atoms with van der Waals surface area (Å²) in [6, 6.07) is 5.50. The van der Waals surface area contributed by atoms with Crippen LogP contribution < -0.4 is 0 Å². The van der Waals surface area contributed by atoms with Crippen LogP contribution in [0.3, 0.4) is 0 Å². The highest BCUT2D eigenvalue weighted by Gasteiger charge is 2.13. The second-order valence-corrected chi connectivity index (χ2v) is 4.22. The molecule has 1 N–H and O–H groups in total. The fraction of sp³-hybridized carbons (Fsp3) is 0. The molecule has 0 saturated carbocycles. The van der Waals surface area contributed by atoms with Crippen molar-refractivity contribution in [2.24, 2.45) is 0 Å². The topological polar surface area (TPSA) is 20.2 Å². The van der Waals surface area contributed by atoms with Gasteiger partial charge in [-0.15, -0.1) is 0 Å². The molecule has 0 aromatic heterocycles. The van der Waals surface area contributed by atoms with Gasteiger partial charge in [-0.1, -0.05) is 23.2 Å². The summed E-state index contributed by atoms with van der Waals surface area (Å²) in [7, 11) is 0. The molecule has 0 amide bonds. The summed E-state index contributed by atoms with van der Waals surface area (Å²) in [4.78, 5) is 0. The molecule has 0 unspecified atom stereocenters. The molecule has 0 radical (unpaired) electrons. The van der Waals surface area contributed by atoms with Crippen molar-refractivity contribution >= 4 is 23.2 Å². The monoisotopic (exact) mass is 274 g/mol. The summed E-state index contributed by atoms with van der Waals surface area (Å²) < 4.78 is 26.6. The first-order valence-electron chi connectivity index (χ1n) is 4.62. The van der Waals surface area contributed by atoms with E-state index in [-0.39, 0.29) is 26.9 Å². The smallest absolute Gasteiger partial charge is 0.135 e. The lowest BCUT2D eigenvalue weighted by Crippen LogP contribution is -1.88. The molecule has 17 heavy (non-hydrogen) atoms. The van der Waals surface area contributed by atoms with Crippen LogP contribution in [0.2, 0.25) is 10.0 Å². The highest BCUT2D eigenvalue weighted by Crippen LogP contribution is 2.37. The van der Waals surface area contributed by atoms with E-state index in [0.717, 1.165) is 18.2 Å². The molecule has 2 aromatic carbocycles. The summed E-state index contributed by atoms with van der Waals surface area (Å²) >= 11 is 11.6. The molecule has 0 aliphatic heterocycles. The quantitative estimate of drug-likeness (QED) is 0.803. The molecule has 0 aliphatic rings. The molecule has 2 aromatic rings. The maximum absolute atomic E-state index is 13.5. The lowest BCUT2D eigenvalue weighted by Gasteiger charge is -2.08. The molecule has 1 nitrogen and oxygen atoms in total. The number of hydrogen-bond donors (Lipinski definition) is 1. The minimum Gasteiger partial charge on any atom is -0.506 e. The highest BCUT2D eigenvalue weighted by molar-refractivity contribution is 6.36. The van der Waals surface area contributed by atoms with Gasteiger partial charge in [-0.2, -0.15) is 0 Å². The van der Waals surface area contributed by atoms with Crippen LogP contribution in [0.25, 0.3) is 11.1 Å². The molecule has 0 heterocycles. The Kier molecular flexibility index (Phi) is 3.22. The Balaban J connectivity index is 2.68. The SMILES string of the molecule is Oc1cc(Cl)c(-c2cc(F)ccc2F)cc1Cl. The minimum absolute atomic E-state index is 0.00287. The van der Waals surface area contributed by atoms with Crippen molar-refractivity contribution in [2.75, 3.05) is 0 Å². The predicted molar refractivity (Wildman–Crippen MR) is 63.5 cm³/mol. The van der Waals surface area contributed by atoms with Crippen molar-refractivity contribution < 1.29 is 13.9 Å². The standard InChI is InChI=1S/C12H6Cl2F2O/c13-9-5-12(17)10(14)4-7(9)8-3-6(15)1-2-11(8)16/h1-5,17H. The number of phenolic OH excluding ortho intramolecular Hbond substituents is 1. The third-order valence-corrected chi connectivity index (χ3v) is 2.87. The lowest BCUT2D eigenvalue weighted by atomic mass is 10.0. The van der Waals surface area contributed by atoms with E-state index in [2.05, 4.69) is 0 Å². The van der Waals surface area contributed by atoms with Crippen LogP contribution >= 0.6 is 23.2 Å². The van der Waals surface area contributed by atoms with Crippen LogP contribution in [0, 0.1) is 11.6 Å². The van der Waals surface area contributed by atoms with E-state index in [1.54, 1.807) is 0 Å². The van der Waals surface area contributed by atoms with E-state index >= 15 is 0 Å². The summed E-state index contributed by atoms with van der Waals surface area (Å²) in [5.41, 5.74) is 0.225. The Morgan fingerprint density at radius 3 is 2.29 bits per heavy atom. The predicted octanol–water partition coefficient (Wildman–Crippen LogP) is 4.64. The van der Waals surface area contributed by atoms with Crippen molar-refractivity contribution in [3.63, 3.8) is 0 Å². The zero-order valence-electron chi connectivity index (χ0n) is 8.35. The first-order chi connectivity index (χ1) is 7.99. The van der Waals surface area contributed by atoms with Gasteiger partial charge in [-0.05, 0) is 24.3 Å². The number of benzene rings is 2. The average molecular weight is 275 g/mol. The van der Waals surface area contributed by atoms with E-state index in [9.17, 15) is 13.9 Å². The number of rotatable bonds is 1. The molecule has 0 bridgehead atoms. The van der Waals surface area contributed by atoms with E-state index in [1.807, 2.05) is 0 Å². The van der Waals surface area contributed by atoms with E-state index in [1.165, 1.54) is 12.1 Å². The maximum Gasteiger partial charge on any atom is 0.135 e. The number of phenols is 1. The minimum atomic E-state index is -0.616. The van der Waals surface area contributed by atoms with Crippen molar-refractivity contribution in [3.05, 3.63) is 52.0 Å². The van der Waals surface area contributed by atoms with Crippen molar-refractivity contribution in [2.45, 2.75) is 0 Å². The van der Waals surface area contributed by atoms with E-state index in [4.69, 9.17) is 23.2 Å². The van der Waals surface area contributed by atoms with Crippen LogP contribution in [0.1, 0.15) is 0 Å². The Morgan fingerprint density at radius 1 is 0.882 bits per heavy atom. The third-order valence-electron chi connectivity index (χ3n) is 2.26. The normalized spacial score (nSPS) is 10.6. The Hall–Kier alpha value is -1.32. The Labute approximate surface area is 106 Å². The average Bonchev–Trinajstić information content (AvgIpc) is 2.27. The van der Waals surface area contributed by atoms with Crippen molar-refractivity contribution in [1.29, 1.82) is 0 Å². The second kappa shape index (κ2) is 4.51. The maximum atomic E-state index is 13.5. The first kappa shape index (κ1) is 12.1. The van der Waals surface area contributed by atoms with Crippen LogP contribution in [-0.4, -0.2) is 5.11 Å². The van der Waals surface area contributed by atoms with Gasteiger partial charge in [0.1, 0.15) is 17.4 Å². The highest BCUT2D eigenvalue weighted by atomic mass is 35.5. The molecule has 2 rings (SSSR count). The molecule has 88 valence electrons. The van der Waals surface area contributed by atoms with Crippen LogP contribution in [0.5, 0.6) is 5.75 Å². The first-order valence-corrected chi connectivity index (χ1v) is 5.38. The molecule has 0 spiro atoms. The molecule has 5 heteroatoms. The zero-order chi connectivity index (χ0) is 12.6. The molecule has 0 fully saturated rings. The molecule has 0 atom stereocenters. The number of hydrogen-bond acceptors (Lipinski definition) is 1. The van der Waals surface area contributed by atoms with Gasteiger partial charge in [0.05, 0.1) is 10.0 Å². The summed E-state index contributed by atoms with van der Waals surface area (Å²) in [6.07, 6.45) is 0. The van der Waals surface area contributed by atoms with Crippen LogP contribution in [0.15, 0.2) is 30.3 Å². The number of halogens is 4. The fourth-order valence-corrected chi connectivity index (χ4v) is 1.87. The van der Waals surface area contributed by atoms with Gasteiger partial charge in [0, 0.05) is 17.2 Å². The van der Waals surface area contributed by atoms with Gasteiger partial charge in [-0.3, -0.25) is 0 Å². The summed E-state index contributed by atoms with van der Waals surface area (Å²) in [5, 5.41) is 9.43.